The zero-order valence-electron chi connectivity index (χ0n) is 21.5. The monoisotopic (exact) mass is 532 g/mol. The summed E-state index contributed by atoms with van der Waals surface area (Å²) < 4.78 is 30.3. The number of hydrogen-bond acceptors (Lipinski definition) is 12. The van der Waals surface area contributed by atoms with Crippen LogP contribution in [0.1, 0.15) is 45.4 Å². The van der Waals surface area contributed by atoms with Crippen LogP contribution in [0, 0.1) is 11.8 Å². The fraction of sp³-hybridized carbons (Fsp3) is 0.760. The lowest BCUT2D eigenvalue weighted by atomic mass is 9.83. The number of aliphatic hydroxyl groups is 2. The third kappa shape index (κ3) is 17.5. The number of hydrogen-bond donors (Lipinski definition) is 2. The minimum absolute atomic E-state index is 0.0496. The van der Waals surface area contributed by atoms with Gasteiger partial charge in [-0.1, -0.05) is 6.58 Å². The Morgan fingerprint density at radius 1 is 0.757 bits per heavy atom. The van der Waals surface area contributed by atoms with Crippen molar-refractivity contribution in [2.75, 3.05) is 52.9 Å². The molecule has 0 radical (unpaired) electrons. The average Bonchev–Trinajstić information content (AvgIpc) is 2.86. The van der Waals surface area contributed by atoms with E-state index in [2.05, 4.69) is 16.1 Å². The van der Waals surface area contributed by atoms with Gasteiger partial charge in [0.2, 0.25) is 0 Å². The van der Waals surface area contributed by atoms with Crippen molar-refractivity contribution in [1.82, 2.24) is 0 Å². The van der Waals surface area contributed by atoms with Gasteiger partial charge in [0.05, 0.1) is 26.1 Å². The Bertz CT molecular complexity index is 702. The molecule has 12 nitrogen and oxygen atoms in total. The Morgan fingerprint density at radius 3 is 1.59 bits per heavy atom. The van der Waals surface area contributed by atoms with Crippen molar-refractivity contribution in [2.24, 2.45) is 11.8 Å². The van der Waals surface area contributed by atoms with Crippen molar-refractivity contribution in [1.29, 1.82) is 0 Å². The molecule has 1 saturated carbocycles. The molecule has 0 amide bonds. The summed E-state index contributed by atoms with van der Waals surface area (Å²) in [4.78, 5) is 44.6. The summed E-state index contributed by atoms with van der Waals surface area (Å²) >= 11 is 0. The Hall–Kier alpha value is -2.54. The quantitative estimate of drug-likeness (QED) is 0.136. The summed E-state index contributed by atoms with van der Waals surface area (Å²) in [5.74, 6) is -1.50. The van der Waals surface area contributed by atoms with Crippen molar-refractivity contribution < 1.29 is 57.8 Å². The lowest BCUT2D eigenvalue weighted by molar-refractivity contribution is -0.152. The molecule has 0 spiro atoms. The van der Waals surface area contributed by atoms with Crippen LogP contribution < -0.4 is 0 Å². The molecule has 2 N–H and O–H groups in total. The molecule has 2 unspecified atom stereocenters. The van der Waals surface area contributed by atoms with Crippen molar-refractivity contribution in [2.45, 2.75) is 57.7 Å². The number of aliphatic hydroxyl groups excluding tert-OH is 2. The van der Waals surface area contributed by atoms with Gasteiger partial charge in [-0.3, -0.25) is 14.4 Å². The van der Waals surface area contributed by atoms with E-state index in [-0.39, 0.29) is 52.5 Å². The highest BCUT2D eigenvalue weighted by atomic mass is 16.6. The molecule has 0 heterocycles. The lowest BCUT2D eigenvalue weighted by Crippen LogP contribution is -2.28. The van der Waals surface area contributed by atoms with E-state index in [9.17, 15) is 29.4 Å². The van der Waals surface area contributed by atoms with Crippen molar-refractivity contribution in [3.05, 3.63) is 12.7 Å². The largest absolute Gasteiger partial charge is 0.465 e. The van der Waals surface area contributed by atoms with Gasteiger partial charge in [-0.05, 0) is 37.5 Å². The molecule has 0 aliphatic heterocycles. The van der Waals surface area contributed by atoms with Crippen molar-refractivity contribution in [3.8, 4) is 0 Å². The fourth-order valence-corrected chi connectivity index (χ4v) is 3.50. The second kappa shape index (κ2) is 19.6. The number of ether oxygens (including phenoxy) is 6. The van der Waals surface area contributed by atoms with Crippen LogP contribution in [0.3, 0.4) is 0 Å². The summed E-state index contributed by atoms with van der Waals surface area (Å²) in [7, 11) is 0. The summed E-state index contributed by atoms with van der Waals surface area (Å²) in [6.07, 6.45) is 2.76. The van der Waals surface area contributed by atoms with E-state index in [4.69, 9.17) is 18.9 Å². The fourth-order valence-electron chi connectivity index (χ4n) is 3.50. The number of rotatable bonds is 19. The van der Waals surface area contributed by atoms with Crippen molar-refractivity contribution in [3.63, 3.8) is 0 Å². The van der Waals surface area contributed by atoms with E-state index in [1.807, 2.05) is 0 Å². The first-order valence-corrected chi connectivity index (χ1v) is 12.4. The molecule has 2 atom stereocenters. The SMILES string of the molecule is C=CC(=O)OCCC(=O)OCC(O)COCC1CCC(COCC(O)COC(=O)CCOC(C)=O)CC1. The predicted octanol–water partition coefficient (Wildman–Crippen LogP) is 0.707. The third-order valence-electron chi connectivity index (χ3n) is 5.50. The van der Waals surface area contributed by atoms with Gasteiger partial charge in [0.15, 0.2) is 0 Å². The number of carbonyl (C=O) groups excluding carboxylic acids is 4. The van der Waals surface area contributed by atoms with Gasteiger partial charge in [0.25, 0.3) is 0 Å². The molecule has 0 saturated heterocycles. The summed E-state index contributed by atoms with van der Waals surface area (Å²) in [5, 5.41) is 19.8. The first-order chi connectivity index (χ1) is 17.7. The highest BCUT2D eigenvalue weighted by Gasteiger charge is 2.22. The maximum atomic E-state index is 11.5. The molecule has 212 valence electrons. The van der Waals surface area contributed by atoms with Gasteiger partial charge in [-0.2, -0.15) is 0 Å². The van der Waals surface area contributed by atoms with Gasteiger partial charge in [-0.25, -0.2) is 4.79 Å². The highest BCUT2D eigenvalue weighted by Crippen LogP contribution is 2.29. The van der Waals surface area contributed by atoms with Gasteiger partial charge >= 0.3 is 23.9 Å². The van der Waals surface area contributed by atoms with Gasteiger partial charge in [0, 0.05) is 26.2 Å². The topological polar surface area (TPSA) is 164 Å². The molecule has 0 aromatic carbocycles. The summed E-state index contributed by atoms with van der Waals surface area (Å²) in [5.41, 5.74) is 0. The first-order valence-electron chi connectivity index (χ1n) is 12.4. The van der Waals surface area contributed by atoms with Gasteiger partial charge < -0.3 is 38.6 Å². The van der Waals surface area contributed by atoms with E-state index >= 15 is 0 Å². The molecule has 1 fully saturated rings. The lowest BCUT2D eigenvalue weighted by Gasteiger charge is -2.28. The Morgan fingerprint density at radius 2 is 1.19 bits per heavy atom. The summed E-state index contributed by atoms with van der Waals surface area (Å²) in [6.45, 7) is 5.06. The first kappa shape index (κ1) is 32.5. The van der Waals surface area contributed by atoms with Crippen LogP contribution >= 0.6 is 0 Å². The zero-order chi connectivity index (χ0) is 27.5. The molecule has 0 aromatic heterocycles. The molecule has 0 aromatic rings. The van der Waals surface area contributed by atoms with Crippen LogP contribution in [-0.4, -0.2) is 99.2 Å². The van der Waals surface area contributed by atoms with E-state index in [0.29, 0.717) is 25.0 Å². The standard InChI is InChI=1S/C25H40O12/c1-3-23(29)35-11-9-25(31)37-17-22(28)15-33-13-20-6-4-19(5-7-20)12-32-14-21(27)16-36-24(30)8-10-34-18(2)26/h3,19-22,27-28H,1,4-17H2,2H3. The van der Waals surface area contributed by atoms with Gasteiger partial charge in [-0.15, -0.1) is 0 Å². The zero-order valence-corrected chi connectivity index (χ0v) is 21.5. The molecule has 1 aliphatic carbocycles. The molecule has 1 aliphatic rings. The van der Waals surface area contributed by atoms with E-state index < -0.39 is 36.1 Å². The normalized spacial score (nSPS) is 18.8. The third-order valence-corrected chi connectivity index (χ3v) is 5.50. The minimum Gasteiger partial charge on any atom is -0.465 e. The second-order valence-corrected chi connectivity index (χ2v) is 8.85. The maximum Gasteiger partial charge on any atom is 0.330 e. The predicted molar refractivity (Wildman–Crippen MR) is 128 cm³/mol. The Labute approximate surface area is 217 Å². The molecular weight excluding hydrogens is 492 g/mol. The van der Waals surface area contributed by atoms with E-state index in [0.717, 1.165) is 31.8 Å². The number of carbonyl (C=O) groups is 4. The van der Waals surface area contributed by atoms with Crippen LogP contribution in [0.25, 0.3) is 0 Å². The molecule has 0 bridgehead atoms. The smallest absolute Gasteiger partial charge is 0.330 e. The van der Waals surface area contributed by atoms with Crippen LogP contribution in [-0.2, 0) is 47.6 Å². The van der Waals surface area contributed by atoms with Gasteiger partial charge in [0.1, 0.15) is 38.6 Å². The van der Waals surface area contributed by atoms with Crippen LogP contribution in [0.2, 0.25) is 0 Å². The minimum atomic E-state index is -0.941. The van der Waals surface area contributed by atoms with Crippen LogP contribution in [0.5, 0.6) is 0 Å². The van der Waals surface area contributed by atoms with Crippen LogP contribution in [0.15, 0.2) is 12.7 Å². The maximum absolute atomic E-state index is 11.5. The van der Waals surface area contributed by atoms with E-state index in [1.165, 1.54) is 6.92 Å². The highest BCUT2D eigenvalue weighted by molar-refractivity contribution is 5.81. The summed E-state index contributed by atoms with van der Waals surface area (Å²) in [6, 6.07) is 0. The molecule has 37 heavy (non-hydrogen) atoms. The van der Waals surface area contributed by atoms with E-state index in [1.54, 1.807) is 0 Å². The molecule has 1 rings (SSSR count). The average molecular weight is 533 g/mol. The van der Waals surface area contributed by atoms with Crippen molar-refractivity contribution >= 4 is 23.9 Å². The Kier molecular flexibility index (Phi) is 17.2. The van der Waals surface area contributed by atoms with Crippen LogP contribution in [0.4, 0.5) is 0 Å². The Balaban J connectivity index is 2.02. The molecule has 12 heteroatoms. The molecular formula is C25H40O12. The second-order valence-electron chi connectivity index (χ2n) is 8.85. The number of esters is 4.